The number of likely N-dealkylation sites (tertiary alicyclic amines) is 1. The van der Waals surface area contributed by atoms with Gasteiger partial charge in [0.05, 0.1) is 18.0 Å². The number of aromatic nitrogens is 1. The summed E-state index contributed by atoms with van der Waals surface area (Å²) >= 11 is 0. The normalized spacial score (nSPS) is 16.0. The molecule has 1 aliphatic rings. The summed E-state index contributed by atoms with van der Waals surface area (Å²) in [5.41, 5.74) is 2.79. The Balaban J connectivity index is 1.15. The fraction of sp³-hybridized carbons (Fsp3) is 0.310. The molecule has 1 fully saturated rings. The van der Waals surface area contributed by atoms with E-state index in [1.165, 1.54) is 10.8 Å². The minimum atomic E-state index is -0.346. The Morgan fingerprint density at radius 2 is 1.74 bits per heavy atom. The molecule has 2 heterocycles. The van der Waals surface area contributed by atoms with Crippen LogP contribution < -0.4 is 0 Å². The van der Waals surface area contributed by atoms with E-state index in [1.807, 2.05) is 18.2 Å². The molecule has 172 valence electrons. The van der Waals surface area contributed by atoms with Crippen molar-refractivity contribution in [2.24, 2.45) is 0 Å². The van der Waals surface area contributed by atoms with E-state index < -0.39 is 0 Å². The summed E-state index contributed by atoms with van der Waals surface area (Å²) in [6, 6.07) is 29.6. The van der Waals surface area contributed by atoms with Gasteiger partial charge in [0.1, 0.15) is 5.69 Å². The van der Waals surface area contributed by atoms with Crippen molar-refractivity contribution in [3.63, 3.8) is 0 Å². The van der Waals surface area contributed by atoms with Gasteiger partial charge in [-0.05, 0) is 36.2 Å². The molecule has 5 rings (SSSR count). The molecular weight excluding hydrogens is 420 g/mol. The van der Waals surface area contributed by atoms with Gasteiger partial charge in [-0.3, -0.25) is 4.90 Å². The van der Waals surface area contributed by atoms with Gasteiger partial charge in [-0.1, -0.05) is 78.0 Å². The molecule has 4 aromatic rings. The Hall–Kier alpha value is -3.46. The predicted molar refractivity (Wildman–Crippen MR) is 135 cm³/mol. The summed E-state index contributed by atoms with van der Waals surface area (Å²) in [4.78, 5) is 4.74. The Kier molecular flexibility index (Phi) is 6.44. The van der Waals surface area contributed by atoms with Gasteiger partial charge in [-0.25, -0.2) is 0 Å². The molecule has 0 N–H and O–H groups in total. The first-order chi connectivity index (χ1) is 16.7. The van der Waals surface area contributed by atoms with E-state index in [-0.39, 0.29) is 5.41 Å². The summed E-state index contributed by atoms with van der Waals surface area (Å²) in [5, 5.41) is 16.7. The highest BCUT2D eigenvalue weighted by Gasteiger charge is 2.36. The number of likely N-dealkylation sites (N-methyl/N-ethyl adjacent to an activating group) is 1. The van der Waals surface area contributed by atoms with Crippen LogP contribution in [-0.4, -0.2) is 48.2 Å². The van der Waals surface area contributed by atoms with Crippen LogP contribution in [0.1, 0.15) is 24.2 Å². The molecule has 0 saturated carbocycles. The van der Waals surface area contributed by atoms with Gasteiger partial charge >= 0.3 is 0 Å². The highest BCUT2D eigenvalue weighted by molar-refractivity contribution is 5.95. The first-order valence-corrected chi connectivity index (χ1v) is 12.0. The highest BCUT2D eigenvalue weighted by Crippen LogP contribution is 2.34. The largest absolute Gasteiger partial charge is 0.359 e. The number of hydrogen-bond donors (Lipinski definition) is 0. The third kappa shape index (κ3) is 4.61. The molecule has 1 aromatic heterocycles. The smallest absolute Gasteiger partial charge is 0.151 e. The first-order valence-electron chi connectivity index (χ1n) is 12.0. The van der Waals surface area contributed by atoms with Gasteiger partial charge in [-0.2, -0.15) is 5.26 Å². The summed E-state index contributed by atoms with van der Waals surface area (Å²) in [6.07, 6.45) is 1.77. The Bertz CT molecular complexity index is 1280. The Morgan fingerprint density at radius 3 is 2.53 bits per heavy atom. The maximum atomic E-state index is 9.91. The summed E-state index contributed by atoms with van der Waals surface area (Å²) < 4.78 is 5.68. The monoisotopic (exact) mass is 450 g/mol. The second-order valence-corrected chi connectivity index (χ2v) is 9.34. The zero-order valence-electron chi connectivity index (χ0n) is 19.7. The van der Waals surface area contributed by atoms with E-state index in [1.54, 1.807) is 0 Å². The number of benzene rings is 3. The first kappa shape index (κ1) is 22.3. The van der Waals surface area contributed by atoms with Crippen molar-refractivity contribution in [3.05, 3.63) is 90.2 Å². The van der Waals surface area contributed by atoms with Crippen molar-refractivity contribution >= 4 is 10.8 Å². The quantitative estimate of drug-likeness (QED) is 0.373. The molecule has 0 spiro atoms. The number of nitriles is 1. The van der Waals surface area contributed by atoms with E-state index in [0.29, 0.717) is 0 Å². The minimum absolute atomic E-state index is 0.346. The summed E-state index contributed by atoms with van der Waals surface area (Å²) in [5.74, 6) is 0.872. The highest BCUT2D eigenvalue weighted by atomic mass is 16.5. The lowest BCUT2D eigenvalue weighted by Crippen LogP contribution is -2.44. The van der Waals surface area contributed by atoms with Crippen LogP contribution in [-0.2, 0) is 12.0 Å². The van der Waals surface area contributed by atoms with Crippen LogP contribution in [0, 0.1) is 11.3 Å². The van der Waals surface area contributed by atoms with Gasteiger partial charge in [0, 0.05) is 37.8 Å². The number of nitrogens with zero attached hydrogens (tertiary/aromatic N) is 4. The Labute approximate surface area is 201 Å². The third-order valence-electron chi connectivity index (χ3n) is 7.10. The van der Waals surface area contributed by atoms with E-state index >= 15 is 0 Å². The zero-order valence-corrected chi connectivity index (χ0v) is 19.7. The maximum Gasteiger partial charge on any atom is 0.151 e. The van der Waals surface area contributed by atoms with E-state index in [9.17, 15) is 5.26 Å². The second kappa shape index (κ2) is 9.80. The molecule has 0 unspecified atom stereocenters. The van der Waals surface area contributed by atoms with Gasteiger partial charge in [-0.15, -0.1) is 0 Å². The van der Waals surface area contributed by atoms with Crippen LogP contribution in [0.2, 0.25) is 0 Å². The molecule has 5 nitrogen and oxygen atoms in total. The molecule has 34 heavy (non-hydrogen) atoms. The topological polar surface area (TPSA) is 56.3 Å². The standard InChI is InChI=1S/C29H30N4O/c1-32(18-19-33-16-14-29(22-30,15-17-33)24-10-3-2-4-11-24)21-25-20-28(31-34-25)27-13-7-9-23-8-5-6-12-26(23)27/h2-13,20H,14-19,21H2,1H3. The van der Waals surface area contributed by atoms with E-state index in [4.69, 9.17) is 4.52 Å². The minimum Gasteiger partial charge on any atom is -0.359 e. The SMILES string of the molecule is CN(CCN1CCC(C#N)(c2ccccc2)CC1)Cc1cc(-c2cccc3ccccc23)no1. The van der Waals surface area contributed by atoms with Crippen LogP contribution in [0.25, 0.3) is 22.0 Å². The molecule has 5 heteroatoms. The number of hydrogen-bond acceptors (Lipinski definition) is 5. The van der Waals surface area contributed by atoms with Crippen molar-refractivity contribution in [2.75, 3.05) is 33.2 Å². The molecule has 1 aliphatic heterocycles. The molecule has 0 amide bonds. The average Bonchev–Trinajstić information content (AvgIpc) is 3.36. The van der Waals surface area contributed by atoms with Crippen molar-refractivity contribution in [1.29, 1.82) is 5.26 Å². The van der Waals surface area contributed by atoms with Gasteiger partial charge < -0.3 is 9.42 Å². The number of rotatable bonds is 7. The molecule has 3 aromatic carbocycles. The number of fused-ring (bicyclic) bond motifs is 1. The van der Waals surface area contributed by atoms with Crippen LogP contribution >= 0.6 is 0 Å². The van der Waals surface area contributed by atoms with Crippen LogP contribution in [0.4, 0.5) is 0 Å². The van der Waals surface area contributed by atoms with E-state index in [0.717, 1.165) is 68.1 Å². The van der Waals surface area contributed by atoms with Gasteiger partial charge in [0.25, 0.3) is 0 Å². The summed E-state index contributed by atoms with van der Waals surface area (Å²) in [7, 11) is 2.12. The van der Waals surface area contributed by atoms with Crippen molar-refractivity contribution < 1.29 is 4.52 Å². The summed E-state index contributed by atoms with van der Waals surface area (Å²) in [6.45, 7) is 4.54. The maximum absolute atomic E-state index is 9.91. The molecule has 0 radical (unpaired) electrons. The fourth-order valence-corrected chi connectivity index (χ4v) is 5.00. The predicted octanol–water partition coefficient (Wildman–Crippen LogP) is 5.48. The zero-order chi connectivity index (χ0) is 23.4. The Morgan fingerprint density at radius 1 is 1.00 bits per heavy atom. The molecule has 0 atom stereocenters. The van der Waals surface area contributed by atoms with Crippen LogP contribution in [0.15, 0.2) is 83.4 Å². The van der Waals surface area contributed by atoms with Gasteiger partial charge in [0.2, 0.25) is 0 Å². The lowest BCUT2D eigenvalue weighted by molar-refractivity contribution is 0.160. The third-order valence-corrected chi connectivity index (χ3v) is 7.10. The van der Waals surface area contributed by atoms with Gasteiger partial charge in [0.15, 0.2) is 5.76 Å². The van der Waals surface area contributed by atoms with Crippen LogP contribution in [0.5, 0.6) is 0 Å². The van der Waals surface area contributed by atoms with E-state index in [2.05, 4.69) is 88.7 Å². The van der Waals surface area contributed by atoms with Crippen molar-refractivity contribution in [3.8, 4) is 17.3 Å². The lowest BCUT2D eigenvalue weighted by atomic mass is 9.74. The van der Waals surface area contributed by atoms with Crippen molar-refractivity contribution in [1.82, 2.24) is 15.0 Å². The average molecular weight is 451 g/mol. The molecule has 1 saturated heterocycles. The second-order valence-electron chi connectivity index (χ2n) is 9.34. The lowest BCUT2D eigenvalue weighted by Gasteiger charge is -2.38. The molecule has 0 bridgehead atoms. The van der Waals surface area contributed by atoms with Crippen LogP contribution in [0.3, 0.4) is 0 Å². The fourth-order valence-electron chi connectivity index (χ4n) is 5.00. The molecule has 0 aliphatic carbocycles. The molecular formula is C29H30N4O. The number of piperidine rings is 1. The van der Waals surface area contributed by atoms with Crippen molar-refractivity contribution in [2.45, 2.75) is 24.8 Å².